The highest BCUT2D eigenvalue weighted by Gasteiger charge is 2.25. The first kappa shape index (κ1) is 9.93. The number of nitrogens with zero attached hydrogens (tertiary/aromatic N) is 1. The van der Waals surface area contributed by atoms with Crippen LogP contribution in [0, 0.1) is 0 Å². The SMILES string of the molecule is CN=Cc1cc2c(s1)SC(C)CC2=O. The molecule has 0 aromatic carbocycles. The van der Waals surface area contributed by atoms with Crippen LogP contribution in [0.3, 0.4) is 0 Å². The third-order valence-electron chi connectivity index (χ3n) is 2.05. The minimum Gasteiger partial charge on any atom is -0.295 e. The summed E-state index contributed by atoms with van der Waals surface area (Å²) >= 11 is 3.46. The Hall–Kier alpha value is -0.610. The lowest BCUT2D eigenvalue weighted by Gasteiger charge is -2.15. The summed E-state index contributed by atoms with van der Waals surface area (Å²) in [5.41, 5.74) is 0.896. The van der Waals surface area contributed by atoms with Crippen molar-refractivity contribution >= 4 is 35.1 Å². The molecule has 2 heterocycles. The van der Waals surface area contributed by atoms with Crippen LogP contribution in [0.2, 0.25) is 0 Å². The summed E-state index contributed by atoms with van der Waals surface area (Å²) in [4.78, 5) is 16.7. The molecule has 0 N–H and O–H groups in total. The Kier molecular flexibility index (Phi) is 2.74. The van der Waals surface area contributed by atoms with Crippen LogP contribution in [0.5, 0.6) is 0 Å². The van der Waals surface area contributed by atoms with Gasteiger partial charge in [-0.3, -0.25) is 9.79 Å². The highest BCUT2D eigenvalue weighted by molar-refractivity contribution is 8.01. The Bertz CT molecular complexity index is 395. The highest BCUT2D eigenvalue weighted by Crippen LogP contribution is 2.40. The van der Waals surface area contributed by atoms with Gasteiger partial charge < -0.3 is 0 Å². The molecule has 0 saturated carbocycles. The molecule has 1 aromatic heterocycles. The van der Waals surface area contributed by atoms with Gasteiger partial charge in [-0.1, -0.05) is 6.92 Å². The third-order valence-corrected chi connectivity index (χ3v) is 4.46. The van der Waals surface area contributed by atoms with Crippen LogP contribution in [-0.4, -0.2) is 24.3 Å². The minimum absolute atomic E-state index is 0.276. The number of carbonyl (C=O) groups is 1. The summed E-state index contributed by atoms with van der Waals surface area (Å²) in [6.07, 6.45) is 2.47. The maximum atomic E-state index is 11.7. The fraction of sp³-hybridized carbons (Fsp3) is 0.400. The van der Waals surface area contributed by atoms with Crippen molar-refractivity contribution in [2.75, 3.05) is 7.05 Å². The van der Waals surface area contributed by atoms with E-state index in [1.54, 1.807) is 30.1 Å². The maximum absolute atomic E-state index is 11.7. The molecule has 0 fully saturated rings. The molecule has 0 radical (unpaired) electrons. The van der Waals surface area contributed by atoms with Crippen molar-refractivity contribution in [1.29, 1.82) is 0 Å². The summed E-state index contributed by atoms with van der Waals surface area (Å²) in [5, 5.41) is 0.417. The van der Waals surface area contributed by atoms with Crippen LogP contribution in [0.15, 0.2) is 15.3 Å². The van der Waals surface area contributed by atoms with Gasteiger partial charge in [0.1, 0.15) is 0 Å². The zero-order chi connectivity index (χ0) is 10.1. The first-order valence-corrected chi connectivity index (χ1v) is 6.16. The number of carbonyl (C=O) groups excluding carboxylic acids is 1. The van der Waals surface area contributed by atoms with Crippen LogP contribution < -0.4 is 0 Å². The number of aliphatic imine (C=N–C) groups is 1. The number of rotatable bonds is 1. The number of hydrogen-bond donors (Lipinski definition) is 0. The standard InChI is InChI=1S/C10H11NOS2/c1-6-3-9(12)8-4-7(5-11-2)14-10(8)13-6/h4-6H,3H2,1-2H3. The lowest BCUT2D eigenvalue weighted by Crippen LogP contribution is -2.12. The van der Waals surface area contributed by atoms with Crippen molar-refractivity contribution in [3.63, 3.8) is 0 Å². The number of hydrogen-bond acceptors (Lipinski definition) is 4. The predicted molar refractivity (Wildman–Crippen MR) is 62.1 cm³/mol. The van der Waals surface area contributed by atoms with E-state index in [9.17, 15) is 4.79 Å². The average Bonchev–Trinajstić information content (AvgIpc) is 2.48. The topological polar surface area (TPSA) is 29.4 Å². The molecule has 1 atom stereocenters. The fourth-order valence-electron chi connectivity index (χ4n) is 1.46. The van der Waals surface area contributed by atoms with E-state index in [1.807, 2.05) is 12.3 Å². The molecule has 2 rings (SSSR count). The molecule has 1 unspecified atom stereocenters. The van der Waals surface area contributed by atoms with Gasteiger partial charge in [-0.15, -0.1) is 23.1 Å². The van der Waals surface area contributed by atoms with E-state index < -0.39 is 0 Å². The van der Waals surface area contributed by atoms with Gasteiger partial charge in [-0.25, -0.2) is 0 Å². The van der Waals surface area contributed by atoms with Gasteiger partial charge in [0, 0.05) is 35.4 Å². The van der Waals surface area contributed by atoms with Crippen molar-refractivity contribution in [3.05, 3.63) is 16.5 Å². The molecular formula is C10H11NOS2. The molecule has 0 aliphatic carbocycles. The molecule has 1 aromatic rings. The molecule has 0 bridgehead atoms. The molecule has 1 aliphatic rings. The summed E-state index contributed by atoms with van der Waals surface area (Å²) in [5.74, 6) is 0.276. The lowest BCUT2D eigenvalue weighted by atomic mass is 10.1. The summed E-state index contributed by atoms with van der Waals surface area (Å²) < 4.78 is 1.16. The first-order chi connectivity index (χ1) is 6.70. The zero-order valence-electron chi connectivity index (χ0n) is 8.11. The van der Waals surface area contributed by atoms with E-state index in [1.165, 1.54) is 0 Å². The second-order valence-electron chi connectivity index (χ2n) is 3.29. The van der Waals surface area contributed by atoms with Crippen LogP contribution in [0.25, 0.3) is 0 Å². The molecule has 2 nitrogen and oxygen atoms in total. The van der Waals surface area contributed by atoms with Crippen LogP contribution >= 0.6 is 23.1 Å². The van der Waals surface area contributed by atoms with Crippen molar-refractivity contribution in [1.82, 2.24) is 0 Å². The predicted octanol–water partition coefficient (Wildman–Crippen LogP) is 2.86. The maximum Gasteiger partial charge on any atom is 0.165 e. The second kappa shape index (κ2) is 3.87. The fourth-order valence-corrected chi connectivity index (χ4v) is 4.17. The number of fused-ring (bicyclic) bond motifs is 1. The van der Waals surface area contributed by atoms with Crippen molar-refractivity contribution in [3.8, 4) is 0 Å². The Morgan fingerprint density at radius 1 is 1.64 bits per heavy atom. The van der Waals surface area contributed by atoms with Gasteiger partial charge >= 0.3 is 0 Å². The van der Waals surface area contributed by atoms with Gasteiger partial charge in [0.25, 0.3) is 0 Å². The largest absolute Gasteiger partial charge is 0.295 e. The Balaban J connectivity index is 2.40. The van der Waals surface area contributed by atoms with Crippen molar-refractivity contribution < 1.29 is 4.79 Å². The Morgan fingerprint density at radius 2 is 2.43 bits per heavy atom. The monoisotopic (exact) mass is 225 g/mol. The smallest absolute Gasteiger partial charge is 0.165 e. The Morgan fingerprint density at radius 3 is 3.14 bits per heavy atom. The third kappa shape index (κ3) is 1.77. The number of thiophene rings is 1. The van der Waals surface area contributed by atoms with E-state index in [-0.39, 0.29) is 5.78 Å². The Labute approximate surface area is 91.4 Å². The van der Waals surface area contributed by atoms with Gasteiger partial charge in [0.2, 0.25) is 0 Å². The van der Waals surface area contributed by atoms with E-state index >= 15 is 0 Å². The zero-order valence-corrected chi connectivity index (χ0v) is 9.74. The minimum atomic E-state index is 0.276. The quantitative estimate of drug-likeness (QED) is 0.688. The molecule has 1 aliphatic heterocycles. The lowest BCUT2D eigenvalue weighted by molar-refractivity contribution is 0.0979. The average molecular weight is 225 g/mol. The van der Waals surface area contributed by atoms with Crippen molar-refractivity contribution in [2.24, 2.45) is 4.99 Å². The van der Waals surface area contributed by atoms with E-state index in [2.05, 4.69) is 11.9 Å². The molecule has 0 spiro atoms. The van der Waals surface area contributed by atoms with Gasteiger partial charge in [0.15, 0.2) is 5.78 Å². The summed E-state index contributed by atoms with van der Waals surface area (Å²) in [6, 6.07) is 1.95. The molecule has 0 amide bonds. The number of ketones is 1. The number of thioether (sulfide) groups is 1. The van der Waals surface area contributed by atoms with Crippen LogP contribution in [0.4, 0.5) is 0 Å². The van der Waals surface area contributed by atoms with Crippen LogP contribution in [0.1, 0.15) is 28.6 Å². The summed E-state index contributed by atoms with van der Waals surface area (Å²) in [6.45, 7) is 2.10. The molecule has 4 heteroatoms. The van der Waals surface area contributed by atoms with E-state index in [4.69, 9.17) is 0 Å². The second-order valence-corrected chi connectivity index (χ2v) is 6.08. The number of Topliss-reactive ketones (excluding diaryl/α,β-unsaturated/α-hetero) is 1. The van der Waals surface area contributed by atoms with E-state index in [0.29, 0.717) is 11.7 Å². The van der Waals surface area contributed by atoms with Gasteiger partial charge in [-0.2, -0.15) is 0 Å². The molecule has 0 saturated heterocycles. The van der Waals surface area contributed by atoms with Crippen LogP contribution in [-0.2, 0) is 0 Å². The normalized spacial score (nSPS) is 21.6. The molecular weight excluding hydrogens is 214 g/mol. The molecule has 14 heavy (non-hydrogen) atoms. The van der Waals surface area contributed by atoms with Crippen molar-refractivity contribution in [2.45, 2.75) is 22.8 Å². The highest BCUT2D eigenvalue weighted by atomic mass is 32.2. The first-order valence-electron chi connectivity index (χ1n) is 4.46. The molecule has 74 valence electrons. The van der Waals surface area contributed by atoms with E-state index in [0.717, 1.165) is 14.6 Å². The van der Waals surface area contributed by atoms with Gasteiger partial charge in [-0.05, 0) is 6.07 Å². The summed E-state index contributed by atoms with van der Waals surface area (Å²) in [7, 11) is 1.75. The van der Waals surface area contributed by atoms with Gasteiger partial charge in [0.05, 0.1) is 4.21 Å².